The van der Waals surface area contributed by atoms with E-state index in [4.69, 9.17) is 9.05 Å². The van der Waals surface area contributed by atoms with Gasteiger partial charge in [-0.25, -0.2) is 4.57 Å². The van der Waals surface area contributed by atoms with Gasteiger partial charge in [0.2, 0.25) is 0 Å². The molecule has 0 aromatic carbocycles. The zero-order valence-corrected chi connectivity index (χ0v) is 28.0. The number of hydrogen-bond donors (Lipinski definition) is 1. The predicted molar refractivity (Wildman–Crippen MR) is 171 cm³/mol. The Kier molecular flexibility index (Phi) is 29.7. The number of rotatable bonds is 32. The third kappa shape index (κ3) is 34.2. The number of phosphoric acid groups is 1. The third-order valence-electron chi connectivity index (χ3n) is 7.86. The molecule has 0 amide bonds. The Morgan fingerprint density at radius 2 is 0.615 bits per heavy atom. The lowest BCUT2D eigenvalue weighted by atomic mass is 10.0. The van der Waals surface area contributed by atoms with E-state index in [1.807, 2.05) is 0 Å². The van der Waals surface area contributed by atoms with Crippen molar-refractivity contribution in [1.29, 1.82) is 0 Å². The van der Waals surface area contributed by atoms with Gasteiger partial charge in [0.15, 0.2) is 0 Å². The molecule has 0 spiro atoms. The van der Waals surface area contributed by atoms with E-state index in [2.05, 4.69) is 27.7 Å². The topological polar surface area (TPSA) is 55.8 Å². The largest absolute Gasteiger partial charge is 0.472 e. The first-order valence-electron chi connectivity index (χ1n) is 17.5. The van der Waals surface area contributed by atoms with Crippen molar-refractivity contribution in [2.24, 2.45) is 11.8 Å². The van der Waals surface area contributed by atoms with Crippen LogP contribution in [-0.2, 0) is 13.6 Å². The lowest BCUT2D eigenvalue weighted by Crippen LogP contribution is -1.99. The van der Waals surface area contributed by atoms with E-state index in [0.29, 0.717) is 13.2 Å². The molecule has 0 fully saturated rings. The molecule has 0 saturated carbocycles. The zero-order chi connectivity index (χ0) is 28.9. The molecule has 0 aromatic heterocycles. The van der Waals surface area contributed by atoms with Crippen LogP contribution >= 0.6 is 7.82 Å². The lowest BCUT2D eigenvalue weighted by Gasteiger charge is -2.12. The maximum Gasteiger partial charge on any atom is 0.472 e. The third-order valence-corrected chi connectivity index (χ3v) is 8.88. The highest BCUT2D eigenvalue weighted by Crippen LogP contribution is 2.43. The van der Waals surface area contributed by atoms with Crippen molar-refractivity contribution in [3.63, 3.8) is 0 Å². The highest BCUT2D eigenvalue weighted by Gasteiger charge is 2.19. The van der Waals surface area contributed by atoms with Gasteiger partial charge in [0, 0.05) is 0 Å². The van der Waals surface area contributed by atoms with Crippen LogP contribution in [0.15, 0.2) is 0 Å². The van der Waals surface area contributed by atoms with Gasteiger partial charge in [-0.1, -0.05) is 182 Å². The summed E-state index contributed by atoms with van der Waals surface area (Å²) in [5.41, 5.74) is 0. The Bertz CT molecular complexity index is 481. The summed E-state index contributed by atoms with van der Waals surface area (Å²) < 4.78 is 22.3. The molecule has 4 nitrogen and oxygen atoms in total. The van der Waals surface area contributed by atoms with Crippen LogP contribution in [0, 0.1) is 11.8 Å². The van der Waals surface area contributed by atoms with Crippen LogP contribution in [0.1, 0.15) is 195 Å². The van der Waals surface area contributed by atoms with Gasteiger partial charge in [0.1, 0.15) is 0 Å². The maximum absolute atomic E-state index is 12.0. The fourth-order valence-corrected chi connectivity index (χ4v) is 6.04. The second-order valence-corrected chi connectivity index (χ2v) is 14.4. The van der Waals surface area contributed by atoms with Gasteiger partial charge in [0.25, 0.3) is 0 Å². The molecule has 39 heavy (non-hydrogen) atoms. The van der Waals surface area contributed by atoms with Crippen LogP contribution < -0.4 is 0 Å². The molecule has 5 heteroatoms. The van der Waals surface area contributed by atoms with Crippen LogP contribution in [0.2, 0.25) is 0 Å². The van der Waals surface area contributed by atoms with E-state index < -0.39 is 7.82 Å². The minimum Gasteiger partial charge on any atom is -0.302 e. The summed E-state index contributed by atoms with van der Waals surface area (Å²) in [6, 6.07) is 0. The number of hydrogen-bond acceptors (Lipinski definition) is 3. The van der Waals surface area contributed by atoms with Gasteiger partial charge in [-0.2, -0.15) is 0 Å². The summed E-state index contributed by atoms with van der Waals surface area (Å²) in [6.45, 7) is 9.90. The first-order valence-corrected chi connectivity index (χ1v) is 18.9. The second-order valence-electron chi connectivity index (χ2n) is 13.0. The summed E-state index contributed by atoms with van der Waals surface area (Å²) in [5, 5.41) is 0. The SMILES string of the molecule is CC(C)CCCCCCCCCCCCCCOP(=O)(O)OCCCCCCCCCCCCCCC(C)C. The molecule has 0 atom stereocenters. The average molecular weight is 575 g/mol. The van der Waals surface area contributed by atoms with E-state index in [0.717, 1.165) is 37.5 Å². The van der Waals surface area contributed by atoms with Crippen molar-refractivity contribution in [3.05, 3.63) is 0 Å². The minimum atomic E-state index is -3.87. The summed E-state index contributed by atoms with van der Waals surface area (Å²) in [5.74, 6) is 1.71. The molecule has 0 aliphatic heterocycles. The summed E-state index contributed by atoms with van der Waals surface area (Å²) in [7, 11) is -3.87. The average Bonchev–Trinajstić information content (AvgIpc) is 2.88. The molecule has 0 aliphatic rings. The molecule has 0 bridgehead atoms. The first kappa shape index (κ1) is 39.1. The molecule has 0 unspecified atom stereocenters. The van der Waals surface area contributed by atoms with Crippen molar-refractivity contribution < 1.29 is 18.5 Å². The standard InChI is InChI=1S/C34H71O4P/c1-33(2)29-25-21-17-13-9-5-7-11-15-19-23-27-31-37-39(35,36)38-32-28-24-20-16-12-8-6-10-14-18-22-26-30-34(3)4/h33-34H,5-32H2,1-4H3,(H,35,36). The Morgan fingerprint density at radius 3 is 0.846 bits per heavy atom. The molecule has 0 rings (SSSR count). The van der Waals surface area contributed by atoms with Crippen LogP contribution in [0.5, 0.6) is 0 Å². The van der Waals surface area contributed by atoms with Crippen molar-refractivity contribution >= 4 is 7.82 Å². The molecule has 0 saturated heterocycles. The van der Waals surface area contributed by atoms with Gasteiger partial charge in [0.05, 0.1) is 13.2 Å². The summed E-state index contributed by atoms with van der Waals surface area (Å²) >= 11 is 0. The Balaban J connectivity index is 3.29. The fourth-order valence-electron chi connectivity index (χ4n) is 5.24. The highest BCUT2D eigenvalue weighted by atomic mass is 31.2. The zero-order valence-electron chi connectivity index (χ0n) is 27.1. The minimum absolute atomic E-state index is 0.322. The molecule has 0 aromatic rings. The lowest BCUT2D eigenvalue weighted by molar-refractivity contribution is 0.145. The van der Waals surface area contributed by atoms with E-state index in [1.54, 1.807) is 0 Å². The summed E-state index contributed by atoms with van der Waals surface area (Å²) in [6.07, 6.45) is 33.5. The van der Waals surface area contributed by atoms with E-state index in [-0.39, 0.29) is 0 Å². The normalized spacial score (nSPS) is 12.3. The monoisotopic (exact) mass is 575 g/mol. The Hall–Kier alpha value is 0.110. The second kappa shape index (κ2) is 29.6. The van der Waals surface area contributed by atoms with Crippen LogP contribution in [0.3, 0.4) is 0 Å². The van der Waals surface area contributed by atoms with Crippen molar-refractivity contribution in [1.82, 2.24) is 0 Å². The highest BCUT2D eigenvalue weighted by molar-refractivity contribution is 7.47. The van der Waals surface area contributed by atoms with Gasteiger partial charge in [-0.05, 0) is 24.7 Å². The maximum atomic E-state index is 12.0. The predicted octanol–water partition coefficient (Wildman–Crippen LogP) is 12.6. The fraction of sp³-hybridized carbons (Fsp3) is 1.00. The van der Waals surface area contributed by atoms with Gasteiger partial charge in [-0.3, -0.25) is 9.05 Å². The Morgan fingerprint density at radius 1 is 0.410 bits per heavy atom. The van der Waals surface area contributed by atoms with Crippen LogP contribution in [0.4, 0.5) is 0 Å². The molecule has 1 N–H and O–H groups in total. The van der Waals surface area contributed by atoms with Crippen molar-refractivity contribution in [2.45, 2.75) is 195 Å². The quantitative estimate of drug-likeness (QED) is 0.0641. The number of phosphoric ester groups is 1. The van der Waals surface area contributed by atoms with E-state index in [1.165, 1.54) is 141 Å². The van der Waals surface area contributed by atoms with E-state index >= 15 is 0 Å². The molecule has 0 aliphatic carbocycles. The molecular weight excluding hydrogens is 503 g/mol. The smallest absolute Gasteiger partial charge is 0.302 e. The first-order chi connectivity index (χ1) is 18.8. The van der Waals surface area contributed by atoms with Gasteiger partial charge < -0.3 is 4.89 Å². The molecule has 236 valence electrons. The molecule has 0 heterocycles. The number of unbranched alkanes of at least 4 members (excludes halogenated alkanes) is 22. The Labute approximate surface area is 245 Å². The molecule has 0 radical (unpaired) electrons. The van der Waals surface area contributed by atoms with Gasteiger partial charge >= 0.3 is 7.82 Å². The van der Waals surface area contributed by atoms with E-state index in [9.17, 15) is 9.46 Å². The van der Waals surface area contributed by atoms with Crippen LogP contribution in [-0.4, -0.2) is 18.1 Å². The van der Waals surface area contributed by atoms with Gasteiger partial charge in [-0.15, -0.1) is 0 Å². The summed E-state index contributed by atoms with van der Waals surface area (Å²) in [4.78, 5) is 9.86. The molecular formula is C34H71O4P. The van der Waals surface area contributed by atoms with Crippen molar-refractivity contribution in [3.8, 4) is 0 Å². The van der Waals surface area contributed by atoms with Crippen LogP contribution in [0.25, 0.3) is 0 Å². The van der Waals surface area contributed by atoms with Crippen molar-refractivity contribution in [2.75, 3.05) is 13.2 Å².